The van der Waals surface area contributed by atoms with Gasteiger partial charge in [-0.2, -0.15) is 0 Å². The second-order valence-electron chi connectivity index (χ2n) is 3.56. The Bertz CT molecular complexity index is 543. The van der Waals surface area contributed by atoms with Crippen molar-refractivity contribution in [2.45, 2.75) is 6.42 Å². The lowest BCUT2D eigenvalue weighted by atomic mass is 10.2. The van der Waals surface area contributed by atoms with Crippen LogP contribution in [-0.2, 0) is 6.42 Å². The summed E-state index contributed by atoms with van der Waals surface area (Å²) in [6.45, 7) is 0.523. The number of carbonyl (C=O) groups excluding carboxylic acids is 1. The third kappa shape index (κ3) is 3.45. The Morgan fingerprint density at radius 3 is 2.94 bits per heavy atom. The molecule has 0 radical (unpaired) electrons. The van der Waals surface area contributed by atoms with E-state index in [0.717, 1.165) is 5.01 Å². The molecule has 1 amide bonds. The van der Waals surface area contributed by atoms with Gasteiger partial charge in [0.25, 0.3) is 5.91 Å². The Labute approximate surface area is 119 Å². The molecule has 1 aromatic heterocycles. The smallest absolute Gasteiger partial charge is 0.252 e. The van der Waals surface area contributed by atoms with Crippen molar-refractivity contribution in [3.63, 3.8) is 0 Å². The Hall–Kier alpha value is -1.10. The maximum Gasteiger partial charge on any atom is 0.252 e. The molecule has 2 rings (SSSR count). The average Bonchev–Trinajstić information content (AvgIpc) is 2.85. The molecule has 0 bridgehead atoms. The number of hydrogen-bond acceptors (Lipinski definition) is 3. The predicted octanol–water partition coefficient (Wildman–Crippen LogP) is 3.42. The molecule has 2 aromatic rings. The number of rotatable bonds is 4. The summed E-state index contributed by atoms with van der Waals surface area (Å²) in [4.78, 5) is 16.0. The fraction of sp³-hybridized carbons (Fsp3) is 0.167. The van der Waals surface area contributed by atoms with Crippen molar-refractivity contribution >= 4 is 40.4 Å². The van der Waals surface area contributed by atoms with Crippen LogP contribution in [0.2, 0.25) is 10.0 Å². The van der Waals surface area contributed by atoms with Gasteiger partial charge < -0.3 is 5.32 Å². The van der Waals surface area contributed by atoms with Gasteiger partial charge in [0.1, 0.15) is 0 Å². The van der Waals surface area contributed by atoms with E-state index in [1.165, 1.54) is 0 Å². The topological polar surface area (TPSA) is 42.0 Å². The molecule has 0 aliphatic rings. The summed E-state index contributed by atoms with van der Waals surface area (Å²) in [5, 5.41) is 6.58. The van der Waals surface area contributed by atoms with Crippen LogP contribution in [-0.4, -0.2) is 17.4 Å². The van der Waals surface area contributed by atoms with Crippen LogP contribution in [0.15, 0.2) is 29.8 Å². The molecule has 0 aliphatic heterocycles. The molecule has 3 nitrogen and oxygen atoms in total. The Balaban J connectivity index is 1.93. The number of aromatic nitrogens is 1. The third-order valence-electron chi connectivity index (χ3n) is 2.28. The number of nitrogens with one attached hydrogen (secondary N) is 1. The monoisotopic (exact) mass is 300 g/mol. The van der Waals surface area contributed by atoms with E-state index in [9.17, 15) is 4.79 Å². The molecule has 0 unspecified atom stereocenters. The normalized spacial score (nSPS) is 10.3. The molecule has 18 heavy (non-hydrogen) atoms. The fourth-order valence-corrected chi connectivity index (χ4v) is 2.42. The number of nitrogens with zero attached hydrogens (tertiary/aromatic N) is 1. The van der Waals surface area contributed by atoms with Gasteiger partial charge in [0.05, 0.1) is 15.6 Å². The first kappa shape index (κ1) is 13.3. The highest BCUT2D eigenvalue weighted by Gasteiger charge is 2.10. The van der Waals surface area contributed by atoms with Crippen LogP contribution in [0, 0.1) is 0 Å². The summed E-state index contributed by atoms with van der Waals surface area (Å²) >= 11 is 13.3. The molecular formula is C12H10Cl2N2OS. The number of benzene rings is 1. The highest BCUT2D eigenvalue weighted by Crippen LogP contribution is 2.20. The average molecular weight is 301 g/mol. The predicted molar refractivity (Wildman–Crippen MR) is 74.6 cm³/mol. The second-order valence-corrected chi connectivity index (χ2v) is 5.38. The van der Waals surface area contributed by atoms with Gasteiger partial charge in [0, 0.05) is 29.6 Å². The van der Waals surface area contributed by atoms with Crippen LogP contribution in [0.25, 0.3) is 0 Å². The molecule has 0 fully saturated rings. The van der Waals surface area contributed by atoms with Crippen molar-refractivity contribution in [3.05, 3.63) is 50.4 Å². The van der Waals surface area contributed by atoms with Crippen LogP contribution in [0.4, 0.5) is 0 Å². The number of thiazole rings is 1. The molecule has 0 aliphatic carbocycles. The van der Waals surface area contributed by atoms with E-state index in [4.69, 9.17) is 23.2 Å². The second kappa shape index (κ2) is 6.18. The zero-order valence-corrected chi connectivity index (χ0v) is 11.6. The van der Waals surface area contributed by atoms with Crippen LogP contribution >= 0.6 is 34.5 Å². The molecule has 1 heterocycles. The lowest BCUT2D eigenvalue weighted by molar-refractivity contribution is 0.0954. The fourth-order valence-electron chi connectivity index (χ4n) is 1.43. The zero-order chi connectivity index (χ0) is 13.0. The maximum absolute atomic E-state index is 11.9. The summed E-state index contributed by atoms with van der Waals surface area (Å²) in [6.07, 6.45) is 2.46. The van der Waals surface area contributed by atoms with E-state index in [1.54, 1.807) is 35.7 Å². The van der Waals surface area contributed by atoms with Crippen molar-refractivity contribution in [2.75, 3.05) is 6.54 Å². The molecule has 1 N–H and O–H groups in total. The van der Waals surface area contributed by atoms with Crippen molar-refractivity contribution in [3.8, 4) is 0 Å². The van der Waals surface area contributed by atoms with E-state index < -0.39 is 0 Å². The van der Waals surface area contributed by atoms with Gasteiger partial charge in [0.2, 0.25) is 0 Å². The Morgan fingerprint density at radius 2 is 2.22 bits per heavy atom. The summed E-state index contributed by atoms with van der Waals surface area (Å²) in [6, 6.07) is 4.82. The van der Waals surface area contributed by atoms with Crippen LogP contribution < -0.4 is 5.32 Å². The maximum atomic E-state index is 11.9. The Kier molecular flexibility index (Phi) is 4.58. The van der Waals surface area contributed by atoms with Crippen molar-refractivity contribution in [1.29, 1.82) is 0 Å². The number of hydrogen-bond donors (Lipinski definition) is 1. The van der Waals surface area contributed by atoms with E-state index in [0.29, 0.717) is 28.6 Å². The molecule has 94 valence electrons. The van der Waals surface area contributed by atoms with Gasteiger partial charge in [0.15, 0.2) is 0 Å². The zero-order valence-electron chi connectivity index (χ0n) is 9.32. The molecule has 6 heteroatoms. The van der Waals surface area contributed by atoms with E-state index in [-0.39, 0.29) is 5.91 Å². The molecule has 0 saturated heterocycles. The van der Waals surface area contributed by atoms with Crippen LogP contribution in [0.1, 0.15) is 15.4 Å². The Morgan fingerprint density at radius 1 is 1.39 bits per heavy atom. The first-order chi connectivity index (χ1) is 8.66. The van der Waals surface area contributed by atoms with E-state index >= 15 is 0 Å². The van der Waals surface area contributed by atoms with Crippen molar-refractivity contribution < 1.29 is 4.79 Å². The molecule has 0 saturated carbocycles. The van der Waals surface area contributed by atoms with E-state index in [2.05, 4.69) is 10.3 Å². The highest BCUT2D eigenvalue weighted by molar-refractivity contribution is 7.09. The summed E-state index contributed by atoms with van der Waals surface area (Å²) < 4.78 is 0. The first-order valence-corrected chi connectivity index (χ1v) is 6.92. The van der Waals surface area contributed by atoms with Gasteiger partial charge in [-0.1, -0.05) is 23.2 Å². The first-order valence-electron chi connectivity index (χ1n) is 5.28. The van der Waals surface area contributed by atoms with Crippen LogP contribution in [0.5, 0.6) is 0 Å². The standard InChI is InChI=1S/C12H10Cl2N2OS/c13-8-1-2-10(14)9(7-8)12(17)16-4-3-11-15-5-6-18-11/h1-2,5-7H,3-4H2,(H,16,17). The molecule has 0 spiro atoms. The van der Waals surface area contributed by atoms with Gasteiger partial charge in [-0.25, -0.2) is 4.98 Å². The van der Waals surface area contributed by atoms with Crippen LogP contribution in [0.3, 0.4) is 0 Å². The quantitative estimate of drug-likeness (QED) is 0.940. The van der Waals surface area contributed by atoms with Crippen molar-refractivity contribution in [1.82, 2.24) is 10.3 Å². The van der Waals surface area contributed by atoms with Gasteiger partial charge >= 0.3 is 0 Å². The molecule has 0 atom stereocenters. The molecule has 1 aromatic carbocycles. The number of amides is 1. The minimum atomic E-state index is -0.223. The third-order valence-corrected chi connectivity index (χ3v) is 3.69. The highest BCUT2D eigenvalue weighted by atomic mass is 35.5. The lowest BCUT2D eigenvalue weighted by Crippen LogP contribution is -2.25. The van der Waals surface area contributed by atoms with E-state index in [1.807, 2.05) is 5.38 Å². The minimum Gasteiger partial charge on any atom is -0.352 e. The largest absolute Gasteiger partial charge is 0.352 e. The number of carbonyl (C=O) groups is 1. The van der Waals surface area contributed by atoms with Gasteiger partial charge in [-0.05, 0) is 18.2 Å². The summed E-state index contributed by atoms with van der Waals surface area (Å²) in [7, 11) is 0. The lowest BCUT2D eigenvalue weighted by Gasteiger charge is -2.06. The van der Waals surface area contributed by atoms with Gasteiger partial charge in [-0.3, -0.25) is 4.79 Å². The SMILES string of the molecule is O=C(NCCc1nccs1)c1cc(Cl)ccc1Cl. The molecular weight excluding hydrogens is 291 g/mol. The van der Waals surface area contributed by atoms with Crippen molar-refractivity contribution in [2.24, 2.45) is 0 Å². The summed E-state index contributed by atoms with van der Waals surface area (Å²) in [5.41, 5.74) is 0.392. The van der Waals surface area contributed by atoms with Gasteiger partial charge in [-0.15, -0.1) is 11.3 Å². The summed E-state index contributed by atoms with van der Waals surface area (Å²) in [5.74, 6) is -0.223. The minimum absolute atomic E-state index is 0.223. The number of halogens is 2.